The Kier molecular flexibility index (Phi) is 2.56. The maximum atomic E-state index is 5.54. The molecular weight excluding hydrogens is 156 g/mol. The molecule has 1 heterocycles. The monoisotopic (exact) mass is 172 g/mol. The van der Waals surface area contributed by atoms with Gasteiger partial charge in [0.15, 0.2) is 5.79 Å². The fraction of sp³-hybridized carbons (Fsp3) is 0.778. The SMILES string of the molecule is C=C(C)[C@H]1OOC(C)(C)O[C@@H]1C. The zero-order chi connectivity index (χ0) is 9.35. The predicted octanol–water partition coefficient (Wildman–Crippen LogP) is 2.03. The van der Waals surface area contributed by atoms with E-state index in [-0.39, 0.29) is 12.2 Å². The first-order valence-electron chi connectivity index (χ1n) is 4.10. The van der Waals surface area contributed by atoms with E-state index in [1.54, 1.807) is 0 Å². The third-order valence-corrected chi connectivity index (χ3v) is 1.73. The van der Waals surface area contributed by atoms with Gasteiger partial charge in [-0.1, -0.05) is 6.58 Å². The molecule has 2 atom stereocenters. The summed E-state index contributed by atoms with van der Waals surface area (Å²) < 4.78 is 5.54. The predicted molar refractivity (Wildman–Crippen MR) is 45.4 cm³/mol. The molecule has 0 spiro atoms. The van der Waals surface area contributed by atoms with Gasteiger partial charge in [0.05, 0.1) is 6.10 Å². The van der Waals surface area contributed by atoms with E-state index >= 15 is 0 Å². The van der Waals surface area contributed by atoms with E-state index in [1.165, 1.54) is 0 Å². The highest BCUT2D eigenvalue weighted by molar-refractivity contribution is 5.01. The molecule has 1 aliphatic heterocycles. The molecule has 0 aliphatic carbocycles. The van der Waals surface area contributed by atoms with Crippen LogP contribution >= 0.6 is 0 Å². The molecule has 1 aliphatic rings. The van der Waals surface area contributed by atoms with Crippen molar-refractivity contribution >= 4 is 0 Å². The Balaban J connectivity index is 2.60. The first-order valence-corrected chi connectivity index (χ1v) is 4.10. The Morgan fingerprint density at radius 3 is 2.42 bits per heavy atom. The fourth-order valence-corrected chi connectivity index (χ4v) is 1.26. The molecule has 0 unspecified atom stereocenters. The van der Waals surface area contributed by atoms with Crippen LogP contribution < -0.4 is 0 Å². The zero-order valence-corrected chi connectivity index (χ0v) is 8.09. The topological polar surface area (TPSA) is 27.7 Å². The van der Waals surface area contributed by atoms with E-state index < -0.39 is 5.79 Å². The normalized spacial score (nSPS) is 34.7. The molecule has 3 heteroatoms. The van der Waals surface area contributed by atoms with Crippen LogP contribution in [0.2, 0.25) is 0 Å². The van der Waals surface area contributed by atoms with E-state index in [0.717, 1.165) is 5.57 Å². The fourth-order valence-electron chi connectivity index (χ4n) is 1.26. The molecule has 1 saturated heterocycles. The summed E-state index contributed by atoms with van der Waals surface area (Å²) in [6, 6.07) is 0. The van der Waals surface area contributed by atoms with E-state index in [0.29, 0.717) is 0 Å². The Morgan fingerprint density at radius 1 is 1.42 bits per heavy atom. The minimum atomic E-state index is -0.647. The van der Waals surface area contributed by atoms with Crippen LogP contribution in [0.15, 0.2) is 12.2 Å². The van der Waals surface area contributed by atoms with Crippen molar-refractivity contribution in [2.75, 3.05) is 0 Å². The molecule has 1 fully saturated rings. The molecule has 70 valence electrons. The third-order valence-electron chi connectivity index (χ3n) is 1.73. The van der Waals surface area contributed by atoms with Crippen LogP contribution in [0.5, 0.6) is 0 Å². The summed E-state index contributed by atoms with van der Waals surface area (Å²) in [5, 5.41) is 0. The highest BCUT2D eigenvalue weighted by Crippen LogP contribution is 2.26. The summed E-state index contributed by atoms with van der Waals surface area (Å²) >= 11 is 0. The van der Waals surface area contributed by atoms with Crippen molar-refractivity contribution in [2.45, 2.75) is 45.7 Å². The van der Waals surface area contributed by atoms with E-state index in [2.05, 4.69) is 6.58 Å². The first kappa shape index (κ1) is 9.71. The van der Waals surface area contributed by atoms with Crippen LogP contribution in [-0.4, -0.2) is 18.0 Å². The molecule has 0 aromatic rings. The number of rotatable bonds is 1. The Labute approximate surface area is 73.2 Å². The maximum absolute atomic E-state index is 5.54. The highest BCUT2D eigenvalue weighted by Gasteiger charge is 2.35. The van der Waals surface area contributed by atoms with Crippen molar-refractivity contribution in [1.82, 2.24) is 0 Å². The van der Waals surface area contributed by atoms with E-state index in [1.807, 2.05) is 27.7 Å². The average molecular weight is 172 g/mol. The third kappa shape index (κ3) is 2.06. The van der Waals surface area contributed by atoms with Crippen LogP contribution in [0.4, 0.5) is 0 Å². The number of hydrogen-bond acceptors (Lipinski definition) is 3. The molecule has 0 saturated carbocycles. The van der Waals surface area contributed by atoms with Gasteiger partial charge in [-0.05, 0) is 33.3 Å². The van der Waals surface area contributed by atoms with Gasteiger partial charge in [-0.25, -0.2) is 9.78 Å². The van der Waals surface area contributed by atoms with Crippen LogP contribution in [0, 0.1) is 0 Å². The van der Waals surface area contributed by atoms with E-state index in [4.69, 9.17) is 14.5 Å². The smallest absolute Gasteiger partial charge is 0.196 e. The van der Waals surface area contributed by atoms with Gasteiger partial charge in [0.1, 0.15) is 6.10 Å². The molecule has 0 N–H and O–H groups in total. The molecule has 0 radical (unpaired) electrons. The molecule has 0 amide bonds. The van der Waals surface area contributed by atoms with Crippen molar-refractivity contribution in [1.29, 1.82) is 0 Å². The second kappa shape index (κ2) is 3.17. The Bertz CT molecular complexity index is 186. The van der Waals surface area contributed by atoms with Crippen LogP contribution in [0.25, 0.3) is 0 Å². The summed E-state index contributed by atoms with van der Waals surface area (Å²) in [7, 11) is 0. The average Bonchev–Trinajstić information content (AvgIpc) is 1.83. The molecule has 0 aromatic carbocycles. The zero-order valence-electron chi connectivity index (χ0n) is 8.09. The first-order chi connectivity index (χ1) is 5.42. The minimum absolute atomic E-state index is 0.00810. The van der Waals surface area contributed by atoms with Crippen molar-refractivity contribution in [2.24, 2.45) is 0 Å². The van der Waals surface area contributed by atoms with Crippen molar-refractivity contribution in [3.8, 4) is 0 Å². The van der Waals surface area contributed by atoms with Gasteiger partial charge in [0.25, 0.3) is 0 Å². The van der Waals surface area contributed by atoms with Gasteiger partial charge in [-0.3, -0.25) is 0 Å². The second-order valence-electron chi connectivity index (χ2n) is 3.67. The lowest BCUT2D eigenvalue weighted by Gasteiger charge is -2.38. The minimum Gasteiger partial charge on any atom is -0.342 e. The van der Waals surface area contributed by atoms with Gasteiger partial charge < -0.3 is 4.74 Å². The molecule has 3 nitrogen and oxygen atoms in total. The van der Waals surface area contributed by atoms with Crippen LogP contribution in [-0.2, 0) is 14.5 Å². The van der Waals surface area contributed by atoms with Gasteiger partial charge >= 0.3 is 0 Å². The lowest BCUT2D eigenvalue weighted by atomic mass is 10.1. The van der Waals surface area contributed by atoms with E-state index in [9.17, 15) is 0 Å². The largest absolute Gasteiger partial charge is 0.342 e. The van der Waals surface area contributed by atoms with Gasteiger partial charge in [0, 0.05) is 0 Å². The molecule has 0 bridgehead atoms. The highest BCUT2D eigenvalue weighted by atomic mass is 17.2. The number of ether oxygens (including phenoxy) is 1. The standard InChI is InChI=1S/C9H16O3/c1-6(2)8-7(3)10-9(4,5)12-11-8/h7-8H,1H2,2-5H3/t7-,8-/m1/s1. The summed E-state index contributed by atoms with van der Waals surface area (Å²) in [5.74, 6) is -0.647. The lowest BCUT2D eigenvalue weighted by Crippen LogP contribution is -2.46. The Morgan fingerprint density at radius 2 is 2.00 bits per heavy atom. The molecule has 12 heavy (non-hydrogen) atoms. The van der Waals surface area contributed by atoms with Gasteiger partial charge in [-0.15, -0.1) is 0 Å². The van der Waals surface area contributed by atoms with Crippen LogP contribution in [0.1, 0.15) is 27.7 Å². The quantitative estimate of drug-likeness (QED) is 0.447. The summed E-state index contributed by atoms with van der Waals surface area (Å²) in [5.41, 5.74) is 0.915. The maximum Gasteiger partial charge on any atom is 0.196 e. The van der Waals surface area contributed by atoms with Crippen molar-refractivity contribution < 1.29 is 14.5 Å². The van der Waals surface area contributed by atoms with Crippen molar-refractivity contribution in [3.63, 3.8) is 0 Å². The molecule has 1 rings (SSSR count). The molecular formula is C9H16O3. The number of hydrogen-bond donors (Lipinski definition) is 0. The summed E-state index contributed by atoms with van der Waals surface area (Å²) in [6.07, 6.45) is -0.163. The lowest BCUT2D eigenvalue weighted by molar-refractivity contribution is -0.484. The Hall–Kier alpha value is -0.380. The van der Waals surface area contributed by atoms with Gasteiger partial charge in [-0.2, -0.15) is 0 Å². The van der Waals surface area contributed by atoms with Crippen molar-refractivity contribution in [3.05, 3.63) is 12.2 Å². The second-order valence-corrected chi connectivity index (χ2v) is 3.67. The summed E-state index contributed by atoms with van der Waals surface area (Å²) in [4.78, 5) is 10.2. The summed E-state index contributed by atoms with van der Waals surface area (Å²) in [6.45, 7) is 11.3. The molecule has 0 aromatic heterocycles. The van der Waals surface area contributed by atoms with Crippen LogP contribution in [0.3, 0.4) is 0 Å². The van der Waals surface area contributed by atoms with Gasteiger partial charge in [0.2, 0.25) is 0 Å².